The van der Waals surface area contributed by atoms with E-state index in [1.165, 1.54) is 0 Å². The first-order chi connectivity index (χ1) is 6.75. The normalized spacial score (nSPS) is 22.2. The van der Waals surface area contributed by atoms with Crippen molar-refractivity contribution in [2.24, 2.45) is 0 Å². The van der Waals surface area contributed by atoms with E-state index < -0.39 is 0 Å². The number of hydrogen-bond donors (Lipinski definition) is 1. The largest absolute Gasteiger partial charge is 0.376 e. The Balaban J connectivity index is 2.21. The van der Waals surface area contributed by atoms with Crippen LogP contribution in [0.15, 0.2) is 0 Å². The van der Waals surface area contributed by atoms with Crippen LogP contribution in [0.2, 0.25) is 0 Å². The second-order valence-corrected chi connectivity index (χ2v) is 3.03. The van der Waals surface area contributed by atoms with Crippen molar-refractivity contribution in [3.05, 3.63) is 11.6 Å². The van der Waals surface area contributed by atoms with E-state index in [0.29, 0.717) is 31.5 Å². The maximum Gasteiger partial charge on any atom is 0.223 e. The van der Waals surface area contributed by atoms with Crippen LogP contribution in [0.3, 0.4) is 0 Å². The van der Waals surface area contributed by atoms with E-state index in [2.05, 4.69) is 15.0 Å². The molecule has 2 rings (SSSR count). The minimum atomic E-state index is -0.215. The molecule has 0 saturated carbocycles. The van der Waals surface area contributed by atoms with Crippen LogP contribution in [0.4, 0.5) is 5.95 Å². The third-order valence-electron chi connectivity index (χ3n) is 1.89. The molecule has 14 heavy (non-hydrogen) atoms. The van der Waals surface area contributed by atoms with E-state index in [1.807, 2.05) is 0 Å². The van der Waals surface area contributed by atoms with Crippen molar-refractivity contribution in [1.29, 1.82) is 0 Å². The zero-order chi connectivity index (χ0) is 9.97. The summed E-state index contributed by atoms with van der Waals surface area (Å²) in [7, 11) is 0. The topological polar surface area (TPSA) is 83.2 Å². The number of nitrogen functional groups attached to an aromatic ring is 1. The van der Waals surface area contributed by atoms with Crippen LogP contribution in [-0.4, -0.2) is 34.8 Å². The number of ether oxygens (including phenoxy) is 2. The number of hydrogen-bond acceptors (Lipinski definition) is 6. The third kappa shape index (κ3) is 1.97. The lowest BCUT2D eigenvalue weighted by Crippen LogP contribution is -2.24. The van der Waals surface area contributed by atoms with Gasteiger partial charge in [0, 0.05) is 0 Å². The van der Waals surface area contributed by atoms with Crippen LogP contribution in [-0.2, 0) is 9.47 Å². The van der Waals surface area contributed by atoms with Gasteiger partial charge < -0.3 is 15.2 Å². The number of aromatic nitrogens is 3. The fourth-order valence-electron chi connectivity index (χ4n) is 1.30. The van der Waals surface area contributed by atoms with Gasteiger partial charge in [0.1, 0.15) is 11.9 Å². The van der Waals surface area contributed by atoms with E-state index in [-0.39, 0.29) is 12.1 Å². The Bertz CT molecular complexity index is 305. The summed E-state index contributed by atoms with van der Waals surface area (Å²) in [6, 6.07) is 0. The highest BCUT2D eigenvalue weighted by atomic mass is 16.6. The standard InChI is InChI=1S/C8H12N4O2/c1-5-10-7(12-8(9)11-5)6-4-13-2-3-14-6/h6H,2-4H2,1H3,(H2,9,10,11,12). The first-order valence-corrected chi connectivity index (χ1v) is 4.43. The van der Waals surface area contributed by atoms with E-state index in [0.717, 1.165) is 0 Å². The molecule has 0 aromatic carbocycles. The van der Waals surface area contributed by atoms with Crippen LogP contribution in [0.5, 0.6) is 0 Å². The highest BCUT2D eigenvalue weighted by Gasteiger charge is 2.20. The van der Waals surface area contributed by atoms with Crippen molar-refractivity contribution in [2.75, 3.05) is 25.6 Å². The van der Waals surface area contributed by atoms with E-state index in [4.69, 9.17) is 15.2 Å². The Morgan fingerprint density at radius 1 is 1.29 bits per heavy atom. The monoisotopic (exact) mass is 196 g/mol. The fourth-order valence-corrected chi connectivity index (χ4v) is 1.30. The fraction of sp³-hybridized carbons (Fsp3) is 0.625. The minimum absolute atomic E-state index is 0.215. The molecule has 0 bridgehead atoms. The molecule has 1 saturated heterocycles. The highest BCUT2D eigenvalue weighted by molar-refractivity contribution is 5.16. The maximum absolute atomic E-state index is 5.51. The summed E-state index contributed by atoms with van der Waals surface area (Å²) in [5.74, 6) is 1.37. The first kappa shape index (κ1) is 9.29. The predicted octanol–water partition coefficient (Wildman–Crippen LogP) is -0.150. The van der Waals surface area contributed by atoms with Gasteiger partial charge in [0.25, 0.3) is 0 Å². The zero-order valence-corrected chi connectivity index (χ0v) is 7.93. The van der Waals surface area contributed by atoms with Crippen LogP contribution < -0.4 is 5.73 Å². The van der Waals surface area contributed by atoms with E-state index >= 15 is 0 Å². The molecule has 2 heterocycles. The number of anilines is 1. The number of nitrogens with two attached hydrogens (primary N) is 1. The van der Waals surface area contributed by atoms with Gasteiger partial charge in [-0.1, -0.05) is 0 Å². The lowest BCUT2D eigenvalue weighted by atomic mass is 10.3. The van der Waals surface area contributed by atoms with Gasteiger partial charge in [-0.05, 0) is 6.92 Å². The van der Waals surface area contributed by atoms with Crippen molar-refractivity contribution in [3.8, 4) is 0 Å². The molecule has 76 valence electrons. The minimum Gasteiger partial charge on any atom is -0.376 e. The van der Waals surface area contributed by atoms with Gasteiger partial charge in [0.05, 0.1) is 19.8 Å². The molecule has 6 nitrogen and oxygen atoms in total. The molecular weight excluding hydrogens is 184 g/mol. The van der Waals surface area contributed by atoms with Gasteiger partial charge in [-0.3, -0.25) is 0 Å². The van der Waals surface area contributed by atoms with Crippen molar-refractivity contribution in [1.82, 2.24) is 15.0 Å². The zero-order valence-electron chi connectivity index (χ0n) is 7.93. The Morgan fingerprint density at radius 2 is 2.14 bits per heavy atom. The summed E-state index contributed by atoms with van der Waals surface area (Å²) in [4.78, 5) is 12.0. The molecule has 6 heteroatoms. The predicted molar refractivity (Wildman–Crippen MR) is 48.5 cm³/mol. The number of nitrogens with zero attached hydrogens (tertiary/aromatic N) is 3. The maximum atomic E-state index is 5.51. The van der Waals surface area contributed by atoms with Gasteiger partial charge in [-0.25, -0.2) is 4.98 Å². The van der Waals surface area contributed by atoms with Gasteiger partial charge in [0.15, 0.2) is 5.82 Å². The van der Waals surface area contributed by atoms with Crippen LogP contribution in [0.25, 0.3) is 0 Å². The lowest BCUT2D eigenvalue weighted by molar-refractivity contribution is -0.0935. The summed E-state index contributed by atoms with van der Waals surface area (Å²) in [6.45, 7) is 3.43. The Kier molecular flexibility index (Phi) is 2.55. The summed E-state index contributed by atoms with van der Waals surface area (Å²) in [5.41, 5.74) is 5.51. The molecule has 2 N–H and O–H groups in total. The molecule has 1 unspecified atom stereocenters. The molecular formula is C8H12N4O2. The average molecular weight is 196 g/mol. The third-order valence-corrected chi connectivity index (χ3v) is 1.89. The molecule has 1 aromatic rings. The van der Waals surface area contributed by atoms with Crippen molar-refractivity contribution in [2.45, 2.75) is 13.0 Å². The highest BCUT2D eigenvalue weighted by Crippen LogP contribution is 2.17. The van der Waals surface area contributed by atoms with E-state index in [1.54, 1.807) is 6.92 Å². The SMILES string of the molecule is Cc1nc(N)nc(C2COCCO2)n1. The van der Waals surface area contributed by atoms with Crippen LogP contribution in [0, 0.1) is 6.92 Å². The second kappa shape index (κ2) is 3.85. The smallest absolute Gasteiger partial charge is 0.223 e. The summed E-state index contributed by atoms with van der Waals surface area (Å²) >= 11 is 0. The van der Waals surface area contributed by atoms with Crippen LogP contribution in [0.1, 0.15) is 17.8 Å². The Hall–Kier alpha value is -1.27. The summed E-state index contributed by atoms with van der Waals surface area (Å²) < 4.78 is 10.7. The van der Waals surface area contributed by atoms with Crippen LogP contribution >= 0.6 is 0 Å². The molecule has 0 amide bonds. The summed E-state index contributed by atoms with van der Waals surface area (Å²) in [6.07, 6.45) is -0.215. The summed E-state index contributed by atoms with van der Waals surface area (Å²) in [5, 5.41) is 0. The Labute approximate surface area is 81.5 Å². The first-order valence-electron chi connectivity index (χ1n) is 4.43. The second-order valence-electron chi connectivity index (χ2n) is 3.03. The molecule has 0 spiro atoms. The van der Waals surface area contributed by atoms with Gasteiger partial charge >= 0.3 is 0 Å². The van der Waals surface area contributed by atoms with Crippen molar-refractivity contribution >= 4 is 5.95 Å². The number of aryl methyl sites for hydroxylation is 1. The average Bonchev–Trinajstić information content (AvgIpc) is 2.18. The van der Waals surface area contributed by atoms with Crippen molar-refractivity contribution in [3.63, 3.8) is 0 Å². The van der Waals surface area contributed by atoms with Gasteiger partial charge in [-0.15, -0.1) is 0 Å². The Morgan fingerprint density at radius 3 is 2.79 bits per heavy atom. The number of rotatable bonds is 1. The quantitative estimate of drug-likeness (QED) is 0.672. The molecule has 1 atom stereocenters. The molecule has 1 aliphatic rings. The molecule has 0 aliphatic carbocycles. The molecule has 1 aliphatic heterocycles. The van der Waals surface area contributed by atoms with Gasteiger partial charge in [0.2, 0.25) is 5.95 Å². The van der Waals surface area contributed by atoms with Crippen molar-refractivity contribution < 1.29 is 9.47 Å². The van der Waals surface area contributed by atoms with E-state index in [9.17, 15) is 0 Å². The molecule has 1 aromatic heterocycles. The van der Waals surface area contributed by atoms with Gasteiger partial charge in [-0.2, -0.15) is 9.97 Å². The lowest BCUT2D eigenvalue weighted by Gasteiger charge is -2.21. The molecule has 1 fully saturated rings. The molecule has 0 radical (unpaired) electrons.